The number of benzene rings is 3. The van der Waals surface area contributed by atoms with Gasteiger partial charge in [-0.3, -0.25) is 19.8 Å². The second kappa shape index (κ2) is 11.8. The summed E-state index contributed by atoms with van der Waals surface area (Å²) in [5.74, 6) is 0.664. The Morgan fingerprint density at radius 2 is 1.37 bits per heavy atom. The predicted molar refractivity (Wildman–Crippen MR) is 136 cm³/mol. The van der Waals surface area contributed by atoms with Gasteiger partial charge in [0.05, 0.1) is 4.92 Å². The fourth-order valence-corrected chi connectivity index (χ4v) is 4.19. The van der Waals surface area contributed by atoms with E-state index in [9.17, 15) is 14.9 Å². The second-order valence-corrected chi connectivity index (χ2v) is 9.08. The lowest BCUT2D eigenvalue weighted by Crippen LogP contribution is -2.49. The van der Waals surface area contributed by atoms with Gasteiger partial charge in [0.25, 0.3) is 11.6 Å². The molecule has 0 aromatic heterocycles. The summed E-state index contributed by atoms with van der Waals surface area (Å²) in [7, 11) is 0. The van der Waals surface area contributed by atoms with Crippen LogP contribution in [-0.2, 0) is 24.2 Å². The van der Waals surface area contributed by atoms with Crippen molar-refractivity contribution in [1.82, 2.24) is 9.80 Å². The van der Waals surface area contributed by atoms with Crippen LogP contribution in [-0.4, -0.2) is 53.4 Å². The molecule has 0 N–H and O–H groups in total. The Balaban J connectivity index is 1.17. The third kappa shape index (κ3) is 7.28. The molecule has 4 rings (SSSR count). The fourth-order valence-electron chi connectivity index (χ4n) is 4.07. The lowest BCUT2D eigenvalue weighted by molar-refractivity contribution is -0.384. The van der Waals surface area contributed by atoms with E-state index in [4.69, 9.17) is 16.3 Å². The monoisotopic (exact) mass is 493 g/mol. The molecule has 0 saturated carbocycles. The van der Waals surface area contributed by atoms with Crippen LogP contribution in [0.2, 0.25) is 5.02 Å². The number of ether oxygens (including phenoxy) is 1. The van der Waals surface area contributed by atoms with E-state index in [0.717, 1.165) is 48.6 Å². The van der Waals surface area contributed by atoms with E-state index in [1.807, 2.05) is 53.4 Å². The second-order valence-electron chi connectivity index (χ2n) is 8.64. The van der Waals surface area contributed by atoms with Crippen LogP contribution < -0.4 is 4.74 Å². The van der Waals surface area contributed by atoms with Gasteiger partial charge in [0.2, 0.25) is 0 Å². The molecule has 3 aromatic rings. The highest BCUT2D eigenvalue weighted by atomic mass is 35.5. The lowest BCUT2D eigenvalue weighted by atomic mass is 10.0. The van der Waals surface area contributed by atoms with Crippen LogP contribution in [0.25, 0.3) is 0 Å². The largest absolute Gasteiger partial charge is 0.484 e. The van der Waals surface area contributed by atoms with Crippen molar-refractivity contribution in [1.29, 1.82) is 0 Å². The molecule has 0 bridgehead atoms. The van der Waals surface area contributed by atoms with Crippen molar-refractivity contribution in [3.63, 3.8) is 0 Å². The number of nitrogens with zero attached hydrogens (tertiary/aromatic N) is 3. The van der Waals surface area contributed by atoms with E-state index in [1.54, 1.807) is 12.1 Å². The number of carbonyl (C=O) groups is 1. The van der Waals surface area contributed by atoms with Crippen molar-refractivity contribution < 1.29 is 14.5 Å². The molecule has 1 fully saturated rings. The molecule has 1 saturated heterocycles. The molecule has 1 heterocycles. The number of hydrogen-bond acceptors (Lipinski definition) is 5. The lowest BCUT2D eigenvalue weighted by Gasteiger charge is -2.34. The highest BCUT2D eigenvalue weighted by Crippen LogP contribution is 2.17. The van der Waals surface area contributed by atoms with Gasteiger partial charge in [-0.1, -0.05) is 48.0 Å². The molecule has 8 heteroatoms. The number of non-ortho nitro benzene ring substituents is 1. The molecule has 0 spiro atoms. The maximum atomic E-state index is 12.6. The number of carbonyl (C=O) groups excluding carboxylic acids is 1. The molecule has 1 amide bonds. The van der Waals surface area contributed by atoms with Crippen molar-refractivity contribution in [2.75, 3.05) is 32.8 Å². The van der Waals surface area contributed by atoms with E-state index in [-0.39, 0.29) is 18.2 Å². The minimum absolute atomic E-state index is 0.00149. The summed E-state index contributed by atoms with van der Waals surface area (Å²) in [4.78, 5) is 27.2. The van der Waals surface area contributed by atoms with Gasteiger partial charge in [-0.05, 0) is 53.8 Å². The maximum Gasteiger partial charge on any atom is 0.269 e. The summed E-state index contributed by atoms with van der Waals surface area (Å²) in [5.41, 5.74) is 3.51. The van der Waals surface area contributed by atoms with Gasteiger partial charge in [-0.15, -0.1) is 0 Å². The summed E-state index contributed by atoms with van der Waals surface area (Å²) in [6, 6.07) is 22.2. The van der Waals surface area contributed by atoms with E-state index in [2.05, 4.69) is 4.90 Å². The molecule has 1 aliphatic rings. The van der Waals surface area contributed by atoms with Crippen molar-refractivity contribution in [2.24, 2.45) is 0 Å². The van der Waals surface area contributed by atoms with Gasteiger partial charge in [0, 0.05) is 49.9 Å². The Hall–Kier alpha value is -3.42. The maximum absolute atomic E-state index is 12.6. The Bertz CT molecular complexity index is 1130. The van der Waals surface area contributed by atoms with Gasteiger partial charge < -0.3 is 9.64 Å². The summed E-state index contributed by atoms with van der Waals surface area (Å²) >= 11 is 5.95. The Kier molecular flexibility index (Phi) is 8.34. The highest BCUT2D eigenvalue weighted by Gasteiger charge is 2.21. The standard InChI is InChI=1S/C27H28ClN3O4/c28-24-9-3-23(4-10-24)19-29-15-17-30(18-16-29)27(32)20-35-26-13-7-22(8-14-26)2-1-21-5-11-25(12-6-21)31(33)34/h3-14H,1-2,15-20H2. The number of hydrogen-bond donors (Lipinski definition) is 0. The third-order valence-corrected chi connectivity index (χ3v) is 6.43. The van der Waals surface area contributed by atoms with Gasteiger partial charge >= 0.3 is 0 Å². The van der Waals surface area contributed by atoms with E-state index in [1.165, 1.54) is 17.7 Å². The molecule has 0 unspecified atom stereocenters. The van der Waals surface area contributed by atoms with Crippen LogP contribution in [0, 0.1) is 10.1 Å². The van der Waals surface area contributed by atoms with E-state index in [0.29, 0.717) is 18.8 Å². The molecule has 1 aliphatic heterocycles. The van der Waals surface area contributed by atoms with Gasteiger partial charge in [-0.2, -0.15) is 0 Å². The first-order valence-corrected chi connectivity index (χ1v) is 12.0. The molecule has 182 valence electrons. The predicted octanol–water partition coefficient (Wildman–Crippen LogP) is 4.76. The molecule has 7 nitrogen and oxygen atoms in total. The number of piperazine rings is 1. The minimum atomic E-state index is -0.393. The quantitative estimate of drug-likeness (QED) is 0.317. The van der Waals surface area contributed by atoms with Crippen LogP contribution >= 0.6 is 11.6 Å². The smallest absolute Gasteiger partial charge is 0.269 e. The number of nitro benzene ring substituents is 1. The number of amides is 1. The summed E-state index contributed by atoms with van der Waals surface area (Å²) in [6.07, 6.45) is 1.61. The first-order valence-electron chi connectivity index (χ1n) is 11.7. The van der Waals surface area contributed by atoms with E-state index >= 15 is 0 Å². The normalized spacial score (nSPS) is 14.0. The first kappa shape index (κ1) is 24.7. The fraction of sp³-hybridized carbons (Fsp3) is 0.296. The molecule has 0 radical (unpaired) electrons. The van der Waals surface area contributed by atoms with Crippen molar-refractivity contribution in [2.45, 2.75) is 19.4 Å². The molecule has 3 aromatic carbocycles. The zero-order valence-electron chi connectivity index (χ0n) is 19.4. The molecular formula is C27H28ClN3O4. The van der Waals surface area contributed by atoms with Crippen LogP contribution in [0.5, 0.6) is 5.75 Å². The van der Waals surface area contributed by atoms with Gasteiger partial charge in [0.15, 0.2) is 6.61 Å². The van der Waals surface area contributed by atoms with Crippen molar-refractivity contribution >= 4 is 23.2 Å². The average molecular weight is 494 g/mol. The highest BCUT2D eigenvalue weighted by molar-refractivity contribution is 6.30. The average Bonchev–Trinajstić information content (AvgIpc) is 2.88. The van der Waals surface area contributed by atoms with Gasteiger partial charge in [0.1, 0.15) is 5.75 Å². The third-order valence-electron chi connectivity index (χ3n) is 6.18. The minimum Gasteiger partial charge on any atom is -0.484 e. The number of rotatable bonds is 9. The van der Waals surface area contributed by atoms with Crippen LogP contribution in [0.1, 0.15) is 16.7 Å². The molecule has 35 heavy (non-hydrogen) atoms. The Labute approximate surface area is 210 Å². The Morgan fingerprint density at radius 1 is 0.829 bits per heavy atom. The van der Waals surface area contributed by atoms with Crippen molar-refractivity contribution in [3.05, 3.63) is 105 Å². The summed E-state index contributed by atoms with van der Waals surface area (Å²) in [6.45, 7) is 3.93. The summed E-state index contributed by atoms with van der Waals surface area (Å²) in [5, 5.41) is 11.5. The molecular weight excluding hydrogens is 466 g/mol. The van der Waals surface area contributed by atoms with Crippen LogP contribution in [0.4, 0.5) is 5.69 Å². The van der Waals surface area contributed by atoms with Gasteiger partial charge in [-0.25, -0.2) is 0 Å². The Morgan fingerprint density at radius 3 is 1.94 bits per heavy atom. The zero-order valence-corrected chi connectivity index (χ0v) is 20.2. The molecule has 0 aliphatic carbocycles. The van der Waals surface area contributed by atoms with Crippen LogP contribution in [0.15, 0.2) is 72.8 Å². The SMILES string of the molecule is O=C(COc1ccc(CCc2ccc([N+](=O)[O-])cc2)cc1)N1CCN(Cc2ccc(Cl)cc2)CC1. The van der Waals surface area contributed by atoms with Crippen LogP contribution in [0.3, 0.4) is 0 Å². The number of aryl methyl sites for hydroxylation is 2. The molecule has 0 atom stereocenters. The summed E-state index contributed by atoms with van der Waals surface area (Å²) < 4.78 is 5.73. The topological polar surface area (TPSA) is 75.9 Å². The first-order chi connectivity index (χ1) is 17.0. The number of halogens is 1. The van der Waals surface area contributed by atoms with Crippen molar-refractivity contribution in [3.8, 4) is 5.75 Å². The van der Waals surface area contributed by atoms with E-state index < -0.39 is 4.92 Å². The zero-order chi connectivity index (χ0) is 24.6. The number of nitro groups is 1.